The van der Waals surface area contributed by atoms with Crippen LogP contribution in [0.1, 0.15) is 19.8 Å². The van der Waals surface area contributed by atoms with Crippen molar-refractivity contribution in [2.45, 2.75) is 25.4 Å². The summed E-state index contributed by atoms with van der Waals surface area (Å²) < 4.78 is 0. The fourth-order valence-corrected chi connectivity index (χ4v) is 0.714. The minimum absolute atomic E-state index is 0. The number of aliphatic carboxylic acids is 4. The van der Waals surface area contributed by atoms with E-state index in [1.165, 1.54) is 0 Å². The van der Waals surface area contributed by atoms with Crippen molar-refractivity contribution in [1.29, 1.82) is 0 Å². The van der Waals surface area contributed by atoms with E-state index in [0.717, 1.165) is 6.92 Å². The molecule has 106 valence electrons. The molecule has 0 aliphatic heterocycles. The van der Waals surface area contributed by atoms with Gasteiger partial charge in [0.2, 0.25) is 0 Å². The van der Waals surface area contributed by atoms with Crippen LogP contribution in [0.25, 0.3) is 0 Å². The van der Waals surface area contributed by atoms with Gasteiger partial charge in [-0.15, -0.1) is 0 Å². The van der Waals surface area contributed by atoms with E-state index >= 15 is 0 Å². The Labute approximate surface area is 135 Å². The number of hydrogen-bond donors (Lipinski definition) is 5. The molecule has 0 saturated heterocycles. The summed E-state index contributed by atoms with van der Waals surface area (Å²) in [5.74, 6) is -5.85. The first-order valence-corrected chi connectivity index (χ1v) is 4.10. The molecule has 9 nitrogen and oxygen atoms in total. The van der Waals surface area contributed by atoms with Crippen LogP contribution in [0.2, 0.25) is 0 Å². The number of carboxylic acid groups (broad SMARTS) is 4. The molecule has 0 unspecified atom stereocenters. The molecule has 0 bridgehead atoms. The molecule has 0 aromatic carbocycles. The van der Waals surface area contributed by atoms with Gasteiger partial charge in [0, 0.05) is 6.92 Å². The first kappa shape index (κ1) is 26.6. The summed E-state index contributed by atoms with van der Waals surface area (Å²) in [7, 11) is 0. The smallest absolute Gasteiger partial charge is 1.00 e. The van der Waals surface area contributed by atoms with Gasteiger partial charge in [0.25, 0.3) is 5.97 Å². The molecule has 0 rings (SSSR count). The molecule has 0 radical (unpaired) electrons. The molecule has 0 heterocycles. The zero-order chi connectivity index (χ0) is 14.2. The third-order valence-corrected chi connectivity index (χ3v) is 1.29. The van der Waals surface area contributed by atoms with E-state index in [1.807, 2.05) is 0 Å². The fourth-order valence-electron chi connectivity index (χ4n) is 0.714. The van der Waals surface area contributed by atoms with Gasteiger partial charge in [-0.25, -0.2) is 4.79 Å². The molecule has 0 amide bonds. The summed E-state index contributed by atoms with van der Waals surface area (Å²) in [4.78, 5) is 39.5. The molecule has 0 aromatic rings. The average Bonchev–Trinajstić information content (AvgIpc) is 1.98. The van der Waals surface area contributed by atoms with Crippen LogP contribution < -0.4 is 42.0 Å². The number of carboxylic acids is 4. The van der Waals surface area contributed by atoms with E-state index < -0.39 is 42.3 Å². The van der Waals surface area contributed by atoms with Crippen LogP contribution in [0.3, 0.4) is 0 Å². The maximum atomic E-state index is 10.3. The van der Waals surface area contributed by atoms with E-state index in [0.29, 0.717) is 0 Å². The van der Waals surface area contributed by atoms with Crippen LogP contribution in [0.4, 0.5) is 0 Å². The van der Waals surface area contributed by atoms with Crippen molar-refractivity contribution in [2.75, 3.05) is 0 Å². The standard InChI is InChI=1S/C6H8O7.C2H4O2.ClH.Na/c7-3(8)1-6(13,5(11)12)2-4(9)10;1-2(3)4;;/h13H,1-2H2,(H,7,8)(H,9,10)(H,11,12);1H3,(H,3,4);1H;/q;;;+1/p-1. The second-order valence-corrected chi connectivity index (χ2v) is 3.00. The second-order valence-electron chi connectivity index (χ2n) is 3.00. The van der Waals surface area contributed by atoms with Gasteiger partial charge in [-0.05, 0) is 0 Å². The van der Waals surface area contributed by atoms with Crippen LogP contribution in [0, 0.1) is 0 Å². The SMILES string of the molecule is CC(=O)O.O=C(O)CC(O)(CC(=O)O)C(=O)O.[Cl-].[Na+]. The van der Waals surface area contributed by atoms with Gasteiger partial charge in [0.05, 0.1) is 12.8 Å². The third kappa shape index (κ3) is 17.1. The predicted molar refractivity (Wildman–Crippen MR) is 50.4 cm³/mol. The Balaban J connectivity index is -0.000000165. The summed E-state index contributed by atoms with van der Waals surface area (Å²) >= 11 is 0. The van der Waals surface area contributed by atoms with Gasteiger partial charge in [-0.3, -0.25) is 14.4 Å². The summed E-state index contributed by atoms with van der Waals surface area (Å²) in [5, 5.41) is 41.2. The van der Waals surface area contributed by atoms with Crippen LogP contribution in [0.5, 0.6) is 0 Å². The Morgan fingerprint density at radius 2 is 1.11 bits per heavy atom. The topological polar surface area (TPSA) is 169 Å². The first-order chi connectivity index (χ1) is 7.51. The number of halogens is 1. The third-order valence-electron chi connectivity index (χ3n) is 1.29. The number of hydrogen-bond acceptors (Lipinski definition) is 5. The average molecular weight is 311 g/mol. The molecule has 11 heteroatoms. The Hall–Kier alpha value is -0.870. The summed E-state index contributed by atoms with van der Waals surface area (Å²) in [6.45, 7) is 1.08. The Kier molecular flexibility index (Phi) is 17.1. The molecular formula is C8H12ClNaO9. The van der Waals surface area contributed by atoms with E-state index in [4.69, 9.17) is 30.3 Å². The van der Waals surface area contributed by atoms with Crippen molar-refractivity contribution < 1.29 is 86.7 Å². The van der Waals surface area contributed by atoms with E-state index in [1.54, 1.807) is 0 Å². The van der Waals surface area contributed by atoms with E-state index in [9.17, 15) is 14.4 Å². The first-order valence-electron chi connectivity index (χ1n) is 4.10. The quantitative estimate of drug-likeness (QED) is 0.309. The monoisotopic (exact) mass is 310 g/mol. The molecule has 0 spiro atoms. The largest absolute Gasteiger partial charge is 1.00 e. The van der Waals surface area contributed by atoms with Gasteiger partial charge in [0.15, 0.2) is 5.60 Å². The Bertz CT molecular complexity index is 310. The van der Waals surface area contributed by atoms with Gasteiger partial charge in [0.1, 0.15) is 0 Å². The zero-order valence-corrected chi connectivity index (χ0v) is 12.9. The van der Waals surface area contributed by atoms with E-state index in [2.05, 4.69) is 0 Å². The van der Waals surface area contributed by atoms with Gasteiger partial charge in [-0.2, -0.15) is 0 Å². The predicted octanol–water partition coefficient (Wildman–Crippen LogP) is -7.15. The molecule has 0 aliphatic carbocycles. The normalized spacial score (nSPS) is 8.74. The van der Waals surface area contributed by atoms with Crippen molar-refractivity contribution in [2.24, 2.45) is 0 Å². The molecule has 0 atom stereocenters. The van der Waals surface area contributed by atoms with Crippen molar-refractivity contribution in [3.63, 3.8) is 0 Å². The van der Waals surface area contributed by atoms with Gasteiger partial charge in [-0.1, -0.05) is 0 Å². The summed E-state index contributed by atoms with van der Waals surface area (Å²) in [6, 6.07) is 0. The van der Waals surface area contributed by atoms with E-state index in [-0.39, 0.29) is 42.0 Å². The Morgan fingerprint density at radius 3 is 1.21 bits per heavy atom. The number of carbonyl (C=O) groups is 4. The fraction of sp³-hybridized carbons (Fsp3) is 0.500. The van der Waals surface area contributed by atoms with Gasteiger partial charge < -0.3 is 37.9 Å². The van der Waals surface area contributed by atoms with Crippen LogP contribution in [0.15, 0.2) is 0 Å². The number of aliphatic hydroxyl groups is 1. The van der Waals surface area contributed by atoms with Gasteiger partial charge >= 0.3 is 47.5 Å². The maximum absolute atomic E-state index is 10.3. The van der Waals surface area contributed by atoms with Crippen LogP contribution >= 0.6 is 0 Å². The maximum Gasteiger partial charge on any atom is 1.00 e. The van der Waals surface area contributed by atoms with Crippen molar-refractivity contribution >= 4 is 23.9 Å². The van der Waals surface area contributed by atoms with Crippen molar-refractivity contribution in [1.82, 2.24) is 0 Å². The Morgan fingerprint density at radius 1 is 0.895 bits per heavy atom. The molecule has 0 saturated carbocycles. The summed E-state index contributed by atoms with van der Waals surface area (Å²) in [6.07, 6.45) is -2.29. The second kappa shape index (κ2) is 12.2. The minimum atomic E-state index is -2.74. The zero-order valence-electron chi connectivity index (χ0n) is 10.2. The molecular weight excluding hydrogens is 299 g/mol. The molecule has 0 aliphatic rings. The molecule has 0 aromatic heterocycles. The summed E-state index contributed by atoms with van der Waals surface area (Å²) in [5.41, 5.74) is -2.74. The molecule has 5 N–H and O–H groups in total. The number of rotatable bonds is 5. The van der Waals surface area contributed by atoms with Crippen LogP contribution in [-0.4, -0.2) is 55.0 Å². The molecule has 19 heavy (non-hydrogen) atoms. The van der Waals surface area contributed by atoms with Crippen LogP contribution in [-0.2, 0) is 19.2 Å². The van der Waals surface area contributed by atoms with Crippen molar-refractivity contribution in [3.8, 4) is 0 Å². The van der Waals surface area contributed by atoms with Crippen molar-refractivity contribution in [3.05, 3.63) is 0 Å². The minimum Gasteiger partial charge on any atom is -1.00 e. The molecule has 0 fully saturated rings.